The summed E-state index contributed by atoms with van der Waals surface area (Å²) in [6.07, 6.45) is 21.5. The number of carbonyl (C=O) groups excluding carboxylic acids is 2. The number of ether oxygens (including phenoxy) is 2. The van der Waals surface area contributed by atoms with Crippen molar-refractivity contribution in [3.63, 3.8) is 0 Å². The van der Waals surface area contributed by atoms with E-state index in [1.807, 2.05) is 38.2 Å². The zero-order valence-electron chi connectivity index (χ0n) is 36.1. The predicted molar refractivity (Wildman–Crippen MR) is 232 cm³/mol. The van der Waals surface area contributed by atoms with Gasteiger partial charge in [-0.25, -0.2) is 0 Å². The summed E-state index contributed by atoms with van der Waals surface area (Å²) in [5.41, 5.74) is 10.3. The molecule has 1 saturated heterocycles. The molecule has 7 atom stereocenters. The molecule has 6 rings (SSSR count). The second-order valence-electron chi connectivity index (χ2n) is 16.6. The number of allylic oxidation sites excluding steroid dienone is 4. The van der Waals surface area contributed by atoms with Gasteiger partial charge in [-0.15, -0.1) is 39.9 Å². The molecule has 9 nitrogen and oxygen atoms in total. The summed E-state index contributed by atoms with van der Waals surface area (Å²) in [5.74, 6) is 1.20. The van der Waals surface area contributed by atoms with Crippen molar-refractivity contribution in [3.05, 3.63) is 95.4 Å². The van der Waals surface area contributed by atoms with Gasteiger partial charge >= 0.3 is 35.0 Å². The molecule has 306 valence electrons. The number of hydrogen-bond donors (Lipinski definition) is 1. The Morgan fingerprint density at radius 3 is 2.45 bits per heavy atom. The zero-order valence-corrected chi connectivity index (χ0v) is 37.5. The predicted octanol–water partition coefficient (Wildman–Crippen LogP) is 7.64. The van der Waals surface area contributed by atoms with E-state index in [0.717, 1.165) is 75.9 Å². The van der Waals surface area contributed by atoms with Gasteiger partial charge in [-0.1, -0.05) is 117 Å². The van der Waals surface area contributed by atoms with Gasteiger partial charge in [0.15, 0.2) is 0 Å². The van der Waals surface area contributed by atoms with Crippen LogP contribution in [-0.2, 0) is 25.5 Å². The maximum atomic E-state index is 13.6. The van der Waals surface area contributed by atoms with E-state index < -0.39 is 24.0 Å². The molecule has 2 aromatic heterocycles. The summed E-state index contributed by atoms with van der Waals surface area (Å²) in [5, 5.41) is 23.6. The normalized spacial score (nSPS) is 26.3. The molecular weight excluding hydrogens is 737 g/mol. The van der Waals surface area contributed by atoms with Crippen molar-refractivity contribution in [2.75, 3.05) is 13.7 Å². The largest absolute Gasteiger partial charge is 2.00 e. The van der Waals surface area contributed by atoms with Crippen LogP contribution >= 0.6 is 0 Å². The third kappa shape index (κ3) is 8.97. The van der Waals surface area contributed by atoms with Crippen LogP contribution in [0.2, 0.25) is 0 Å². The van der Waals surface area contributed by atoms with Gasteiger partial charge in [0.05, 0.1) is 13.2 Å². The average Bonchev–Trinajstić information content (AvgIpc) is 3.93. The first-order valence-corrected chi connectivity index (χ1v) is 21.0. The molecule has 3 aliphatic heterocycles. The van der Waals surface area contributed by atoms with Crippen LogP contribution in [0.3, 0.4) is 0 Å². The number of aliphatic hydroxyl groups is 1. The first-order chi connectivity index (χ1) is 27.3. The Labute approximate surface area is 361 Å². The summed E-state index contributed by atoms with van der Waals surface area (Å²) in [7, 11) is 1.34. The fraction of sp³-hybridized carbons (Fsp3) is 0.542. The Hall–Kier alpha value is -3.91. The van der Waals surface area contributed by atoms with Gasteiger partial charge in [0.1, 0.15) is 12.5 Å². The molecule has 1 N–H and O–H groups in total. The fourth-order valence-electron chi connectivity index (χ4n) is 9.28. The van der Waals surface area contributed by atoms with Gasteiger partial charge in [0.25, 0.3) is 0 Å². The molecule has 58 heavy (non-hydrogen) atoms. The van der Waals surface area contributed by atoms with Crippen molar-refractivity contribution in [1.82, 2.24) is 9.97 Å². The van der Waals surface area contributed by atoms with Crippen LogP contribution in [-0.4, -0.2) is 59.9 Å². The number of rotatable bonds is 14. The van der Waals surface area contributed by atoms with E-state index >= 15 is 0 Å². The van der Waals surface area contributed by atoms with Gasteiger partial charge in [-0.2, -0.15) is 5.70 Å². The number of hydrogen-bond acceptors (Lipinski definition) is 5. The number of unbranched alkanes of at least 4 members (excludes halogenated alkanes) is 1. The number of esters is 2. The van der Waals surface area contributed by atoms with E-state index in [0.29, 0.717) is 28.3 Å². The van der Waals surface area contributed by atoms with E-state index in [-0.39, 0.29) is 59.8 Å². The number of aromatic nitrogens is 2. The maximum Gasteiger partial charge on any atom is 2.00 e. The number of carbonyl (C=O) groups is 2. The Balaban J connectivity index is 0.00000641. The fourth-order valence-corrected chi connectivity index (χ4v) is 9.28. The van der Waals surface area contributed by atoms with Gasteiger partial charge < -0.3 is 35.2 Å². The SMILES string of the molecule is C#C[C@@H]1C(C)=C2/C=C3\[N-]C(C4=c5[n-]/c(c(C)c5[C@H](O)[C@@H]4C(=O)OC)=C\c4[n-]c(c(C)c4CC)/C=C/1[N-]2)[C@@H](CCC(=O)OC/C=C(/C)CCC[C@@H](C)CCCC)[C@@H]3C.[Mg+2]. The molecule has 4 aliphatic rings. The van der Waals surface area contributed by atoms with Crippen LogP contribution in [0.25, 0.3) is 28.4 Å². The molecular formula is C48H60MgN4O5-2. The number of nitrogens with zero attached hydrogens (tertiary/aromatic N) is 4. The molecule has 0 saturated carbocycles. The zero-order chi connectivity index (χ0) is 41.1. The average molecular weight is 797 g/mol. The summed E-state index contributed by atoms with van der Waals surface area (Å²) < 4.78 is 11.0. The van der Waals surface area contributed by atoms with Crippen LogP contribution in [0.1, 0.15) is 133 Å². The third-order valence-electron chi connectivity index (χ3n) is 12.9. The van der Waals surface area contributed by atoms with Crippen LogP contribution in [0.4, 0.5) is 0 Å². The van der Waals surface area contributed by atoms with Crippen molar-refractivity contribution in [2.24, 2.45) is 29.6 Å². The van der Waals surface area contributed by atoms with Gasteiger partial charge in [0.2, 0.25) is 0 Å². The van der Waals surface area contributed by atoms with E-state index in [4.69, 9.17) is 36.5 Å². The van der Waals surface area contributed by atoms with Crippen molar-refractivity contribution < 1.29 is 24.2 Å². The van der Waals surface area contributed by atoms with Crippen LogP contribution in [0, 0.1) is 55.8 Å². The van der Waals surface area contributed by atoms with E-state index in [1.165, 1.54) is 38.4 Å². The molecule has 0 aromatic carbocycles. The van der Waals surface area contributed by atoms with E-state index in [9.17, 15) is 14.7 Å². The Kier molecular flexibility index (Phi) is 15.1. The molecule has 8 bridgehead atoms. The summed E-state index contributed by atoms with van der Waals surface area (Å²) in [4.78, 5) is 37.1. The van der Waals surface area contributed by atoms with Gasteiger partial charge in [-0.3, -0.25) is 9.59 Å². The van der Waals surface area contributed by atoms with Crippen molar-refractivity contribution >= 4 is 52.7 Å². The minimum atomic E-state index is -1.16. The molecule has 0 radical (unpaired) electrons. The number of fused-ring (bicyclic) bond motifs is 8. The Morgan fingerprint density at radius 2 is 1.76 bits per heavy atom. The summed E-state index contributed by atoms with van der Waals surface area (Å²) >= 11 is 0. The van der Waals surface area contributed by atoms with Crippen LogP contribution < -0.4 is 20.7 Å². The van der Waals surface area contributed by atoms with Crippen LogP contribution in [0.15, 0.2) is 40.4 Å². The van der Waals surface area contributed by atoms with Crippen molar-refractivity contribution in [3.8, 4) is 12.3 Å². The molecule has 1 unspecified atom stereocenters. The second kappa shape index (κ2) is 19.4. The standard InChI is InChI=1S/C48H60N4O5.Mg/c1-11-14-16-26(4)17-15-18-27(5)21-22-57-41(53)20-19-34-30(8)37-23-35-28(6)32(12-2)39(49-35)24-36-29(7)33(13-3)40(50-36)25-38-31(9)42-46(52-38)43(45(34)51-37)44(47(42)54)48(55)56-10;/h2,21,23-26,30,32,34,44-45,47,54H,11,13-20,22H2,1,3-10H3;/q-4;+2/b27-21-,37-23-,38-25-,39-24-;/t26-,30-,32+,34-,44+,45?,47-;/m0./s1. The molecule has 10 heteroatoms. The quantitative estimate of drug-likeness (QED) is 0.0901. The minimum absolute atomic E-state index is 0. The minimum Gasteiger partial charge on any atom is -0.681 e. The van der Waals surface area contributed by atoms with Crippen molar-refractivity contribution in [2.45, 2.75) is 125 Å². The second-order valence-corrected chi connectivity index (χ2v) is 16.6. The number of terminal acetylenes is 1. The monoisotopic (exact) mass is 796 g/mol. The maximum absolute atomic E-state index is 13.6. The number of methoxy groups -OCH3 is 1. The van der Waals surface area contributed by atoms with E-state index in [2.05, 4.69) is 47.5 Å². The molecule has 2 aromatic rings. The van der Waals surface area contributed by atoms with E-state index in [1.54, 1.807) is 0 Å². The molecule has 1 fully saturated rings. The van der Waals surface area contributed by atoms with Gasteiger partial charge in [-0.05, 0) is 82.8 Å². The van der Waals surface area contributed by atoms with Crippen molar-refractivity contribution in [1.29, 1.82) is 0 Å². The summed E-state index contributed by atoms with van der Waals surface area (Å²) in [6, 6.07) is -0.561. The Morgan fingerprint density at radius 1 is 1.02 bits per heavy atom. The molecule has 5 heterocycles. The first kappa shape index (κ1) is 45.2. The molecule has 1 aliphatic carbocycles. The van der Waals surface area contributed by atoms with Gasteiger partial charge in [0, 0.05) is 12.3 Å². The Bertz CT molecular complexity index is 2180. The third-order valence-corrected chi connectivity index (χ3v) is 12.9. The molecule has 0 amide bonds. The van der Waals surface area contributed by atoms with Crippen LogP contribution in [0.5, 0.6) is 0 Å². The molecule has 0 spiro atoms. The smallest absolute Gasteiger partial charge is 0.681 e. The number of aliphatic hydroxyl groups excluding tert-OH is 1. The topological polar surface area (TPSA) is 129 Å². The first-order valence-electron chi connectivity index (χ1n) is 21.0. The summed E-state index contributed by atoms with van der Waals surface area (Å²) in [6.45, 7) is 17.1.